The molecule has 1 heterocycles. The summed E-state index contributed by atoms with van der Waals surface area (Å²) in [6.45, 7) is 18.3. The van der Waals surface area contributed by atoms with E-state index in [-0.39, 0.29) is 0 Å². The van der Waals surface area contributed by atoms with Crippen molar-refractivity contribution in [1.29, 1.82) is 0 Å². The van der Waals surface area contributed by atoms with E-state index in [4.69, 9.17) is 0 Å². The predicted molar refractivity (Wildman–Crippen MR) is 279 cm³/mol. The molecule has 1 aliphatic heterocycles. The van der Waals surface area contributed by atoms with Crippen molar-refractivity contribution < 1.29 is 19.1 Å². The molecular formula is C60H102N2Ni. The molecular weight excluding hydrogens is 807 g/mol. The van der Waals surface area contributed by atoms with Gasteiger partial charge in [-0.2, -0.15) is 0 Å². The summed E-state index contributed by atoms with van der Waals surface area (Å²) in [7, 11) is 0. The first kappa shape index (κ1) is 57.1. The van der Waals surface area contributed by atoms with Crippen LogP contribution in [0.25, 0.3) is 16.9 Å². The summed E-state index contributed by atoms with van der Waals surface area (Å²) < 4.78 is 1.69. The summed E-state index contributed by atoms with van der Waals surface area (Å²) in [4.78, 5) is 0. The Labute approximate surface area is 399 Å². The van der Waals surface area contributed by atoms with E-state index < -0.39 is 0 Å². The summed E-state index contributed by atoms with van der Waals surface area (Å²) in [6, 6.07) is 14.8. The number of allylic oxidation sites excluding steroid dienone is 2. The number of hydrogen-bond acceptors (Lipinski definition) is 0. The molecule has 0 bridgehead atoms. The van der Waals surface area contributed by atoms with Crippen LogP contribution in [0, 0.1) is 0 Å². The van der Waals surface area contributed by atoms with Crippen LogP contribution in [0.5, 0.6) is 0 Å². The topological polar surface area (TPSA) is 25.3 Å². The molecule has 1 aliphatic rings. The van der Waals surface area contributed by atoms with Crippen LogP contribution in [0.2, 0.25) is 10.8 Å². The minimum atomic E-state index is 1.03. The van der Waals surface area contributed by atoms with Gasteiger partial charge in [0, 0.05) is 22.3 Å². The van der Waals surface area contributed by atoms with Gasteiger partial charge in [-0.3, -0.25) is 0 Å². The predicted octanol–water partition coefficient (Wildman–Crippen LogP) is 20.8. The van der Waals surface area contributed by atoms with E-state index in [9.17, 15) is 5.53 Å². The summed E-state index contributed by atoms with van der Waals surface area (Å²) in [5.41, 5.74) is 26.0. The Morgan fingerprint density at radius 1 is 0.317 bits per heavy atom. The third-order valence-corrected chi connectivity index (χ3v) is 14.4. The molecule has 3 heteroatoms. The first-order valence-corrected chi connectivity index (χ1v) is 29.0. The van der Waals surface area contributed by atoms with E-state index in [1.165, 1.54) is 222 Å². The van der Waals surface area contributed by atoms with Crippen molar-refractivity contribution in [2.24, 2.45) is 0 Å². The Balaban J connectivity index is 0.00000136. The molecule has 0 aliphatic carbocycles. The van der Waals surface area contributed by atoms with E-state index in [1.54, 1.807) is 4.70 Å². The van der Waals surface area contributed by atoms with Crippen LogP contribution < -0.4 is 0 Å². The number of unbranched alkanes of at least 4 members (excludes halogenated alkanes) is 20. The molecule has 0 aromatic heterocycles. The van der Waals surface area contributed by atoms with Crippen molar-refractivity contribution >= 4 is 11.4 Å². The Hall–Kier alpha value is -1.99. The molecule has 0 spiro atoms. The van der Waals surface area contributed by atoms with Crippen LogP contribution >= 0.6 is 0 Å². The van der Waals surface area contributed by atoms with Gasteiger partial charge in [0.15, 0.2) is 0 Å². The van der Waals surface area contributed by atoms with Gasteiger partial charge < -0.3 is 5.53 Å². The van der Waals surface area contributed by atoms with Gasteiger partial charge in [0.2, 0.25) is 11.4 Å². The molecule has 0 atom stereocenters. The Kier molecular flexibility index (Phi) is 34.6. The molecule has 0 fully saturated rings. The average molecular weight is 910 g/mol. The van der Waals surface area contributed by atoms with Crippen LogP contribution in [-0.2, 0) is 40.1 Å². The van der Waals surface area contributed by atoms with Crippen molar-refractivity contribution in [2.75, 3.05) is 0 Å². The van der Waals surface area contributed by atoms with Crippen LogP contribution in [0.4, 0.5) is 0 Å². The third kappa shape index (κ3) is 23.9. The third-order valence-electron chi connectivity index (χ3n) is 13.0. The first-order valence-electron chi connectivity index (χ1n) is 27.6. The van der Waals surface area contributed by atoms with Crippen LogP contribution in [0.3, 0.4) is 0 Å². The summed E-state index contributed by atoms with van der Waals surface area (Å²) in [5, 5.41) is 2.78. The second-order valence-corrected chi connectivity index (χ2v) is 20.6. The van der Waals surface area contributed by atoms with Gasteiger partial charge in [0.25, 0.3) is 0 Å². The Morgan fingerprint density at radius 3 is 0.937 bits per heavy atom. The second-order valence-electron chi connectivity index (χ2n) is 19.1. The molecule has 0 amide bonds. The van der Waals surface area contributed by atoms with E-state index in [1.807, 2.05) is 14.4 Å². The van der Waals surface area contributed by atoms with Gasteiger partial charge in [-0.05, 0) is 124 Å². The van der Waals surface area contributed by atoms with E-state index >= 15 is 0 Å². The monoisotopic (exact) mass is 909 g/mol. The molecule has 0 radical (unpaired) electrons. The molecule has 0 N–H and O–H groups in total. The summed E-state index contributed by atoms with van der Waals surface area (Å²) in [5.74, 6) is 0. The summed E-state index contributed by atoms with van der Waals surface area (Å²) in [6.07, 6.45) is 42.9. The molecule has 2 aromatic carbocycles. The fourth-order valence-corrected chi connectivity index (χ4v) is 10.5. The Bertz CT molecular complexity index is 1460. The van der Waals surface area contributed by atoms with Gasteiger partial charge in [0.05, 0.1) is 0 Å². The molecule has 362 valence electrons. The van der Waals surface area contributed by atoms with Crippen molar-refractivity contribution in [2.45, 2.75) is 284 Å². The van der Waals surface area contributed by atoms with Crippen molar-refractivity contribution in [3.05, 3.63) is 86.5 Å². The SMILES string of the molecule is CCCCCCCCC1=C(c2cc(CCCCCCCC)cc(CCCCCCCC)c2)[N+](=[N-])C(c2cc(CCCC)cc(CCCC)c2)=C1CCCC.CCC[CH2][Ni][CH2]CCC. The van der Waals surface area contributed by atoms with Gasteiger partial charge in [-0.1, -0.05) is 169 Å². The van der Waals surface area contributed by atoms with Gasteiger partial charge >= 0.3 is 64.8 Å². The normalized spacial score (nSPS) is 12.9. The molecule has 0 saturated carbocycles. The van der Waals surface area contributed by atoms with Crippen LogP contribution in [-0.4, -0.2) is 4.70 Å². The number of hydrogen-bond donors (Lipinski definition) is 0. The van der Waals surface area contributed by atoms with Crippen LogP contribution in [0.15, 0.2) is 47.5 Å². The van der Waals surface area contributed by atoms with Crippen molar-refractivity contribution in [3.63, 3.8) is 0 Å². The molecule has 0 unspecified atom stereocenters. The zero-order chi connectivity index (χ0) is 45.8. The molecule has 63 heavy (non-hydrogen) atoms. The van der Waals surface area contributed by atoms with Crippen molar-refractivity contribution in [1.82, 2.24) is 0 Å². The van der Waals surface area contributed by atoms with E-state index in [2.05, 4.69) is 91.8 Å². The second kappa shape index (κ2) is 38.2. The standard InChI is InChI=1S/C52H84N2.2C4H9.Ni/c1-7-13-19-22-25-28-33-45-38-46(34-29-26-23-20-14-8-2)42-48(41-45)52-50(36-30-27-24-21-15-9-3)49(35-18-12-6)51(54(52)53)47-39-43(31-16-10-4)37-44(40-47)32-17-11-5;2*1-3-4-2;/h37-42H,7-36H2,1-6H3;2*1,3-4H2,2H3;. The fourth-order valence-electron chi connectivity index (χ4n) is 9.04. The molecule has 0 saturated heterocycles. The number of nitrogens with zero attached hydrogens (tertiary/aromatic N) is 2. The van der Waals surface area contributed by atoms with E-state index in [0.29, 0.717) is 0 Å². The molecule has 2 nitrogen and oxygen atoms in total. The van der Waals surface area contributed by atoms with E-state index in [0.717, 1.165) is 62.8 Å². The maximum absolute atomic E-state index is 12.7. The number of rotatable bonds is 38. The number of benzene rings is 2. The fraction of sp³-hybridized carbons (Fsp3) is 0.733. The van der Waals surface area contributed by atoms with Gasteiger partial charge in [-0.25, -0.2) is 4.70 Å². The zero-order valence-electron chi connectivity index (χ0n) is 43.1. The van der Waals surface area contributed by atoms with Gasteiger partial charge in [-0.15, -0.1) is 0 Å². The van der Waals surface area contributed by atoms with Gasteiger partial charge in [0.1, 0.15) is 0 Å². The number of aryl methyl sites for hydroxylation is 4. The minimum absolute atomic E-state index is 1.03. The van der Waals surface area contributed by atoms with Crippen LogP contribution in [0.1, 0.15) is 281 Å². The molecule has 3 rings (SSSR count). The average Bonchev–Trinajstić information content (AvgIpc) is 3.57. The zero-order valence-corrected chi connectivity index (χ0v) is 44.1. The maximum atomic E-state index is 12.7. The quantitative estimate of drug-likeness (QED) is 0.0364. The molecule has 2 aromatic rings. The summed E-state index contributed by atoms with van der Waals surface area (Å²) >= 11 is 1.94. The first-order chi connectivity index (χ1) is 30.9. The van der Waals surface area contributed by atoms with Crippen molar-refractivity contribution in [3.8, 4) is 0 Å². The Morgan fingerprint density at radius 2 is 0.587 bits per heavy atom.